The van der Waals surface area contributed by atoms with Crippen LogP contribution in [0.25, 0.3) is 0 Å². The summed E-state index contributed by atoms with van der Waals surface area (Å²) in [5.74, 6) is -0.192. The minimum Gasteiger partial charge on any atom is -0.461 e. The van der Waals surface area contributed by atoms with E-state index in [-0.39, 0.29) is 11.5 Å². The molecule has 3 heteroatoms. The molecule has 0 spiro atoms. The molecular weight excluding hydrogens is 202 g/mol. The monoisotopic (exact) mass is 221 g/mol. The second-order valence-electron chi connectivity index (χ2n) is 4.63. The fourth-order valence-corrected chi connectivity index (χ4v) is 1.23. The predicted molar refractivity (Wildman–Crippen MR) is 63.7 cm³/mol. The number of carbonyl (C=O) groups is 1. The van der Waals surface area contributed by atoms with Gasteiger partial charge in [0.05, 0.1) is 0 Å². The number of nitrogens with two attached hydrogens (primary N) is 1. The number of hydrogen-bond donors (Lipinski definition) is 1. The molecule has 2 N–H and O–H groups in total. The van der Waals surface area contributed by atoms with E-state index in [1.54, 1.807) is 0 Å². The van der Waals surface area contributed by atoms with Gasteiger partial charge in [-0.2, -0.15) is 0 Å². The summed E-state index contributed by atoms with van der Waals surface area (Å²) in [5, 5.41) is 0. The van der Waals surface area contributed by atoms with Crippen molar-refractivity contribution in [2.45, 2.75) is 38.8 Å². The molecule has 3 nitrogen and oxygen atoms in total. The third-order valence-electron chi connectivity index (χ3n) is 2.22. The maximum atomic E-state index is 11.4. The average molecular weight is 221 g/mol. The van der Waals surface area contributed by atoms with Gasteiger partial charge in [0.1, 0.15) is 6.61 Å². The van der Waals surface area contributed by atoms with E-state index in [1.165, 1.54) is 0 Å². The molecule has 0 heterocycles. The second kappa shape index (κ2) is 5.66. The maximum absolute atomic E-state index is 11.4. The van der Waals surface area contributed by atoms with E-state index in [0.29, 0.717) is 19.4 Å². The van der Waals surface area contributed by atoms with Gasteiger partial charge in [0, 0.05) is 12.0 Å². The van der Waals surface area contributed by atoms with E-state index in [0.717, 1.165) is 5.56 Å². The highest BCUT2D eigenvalue weighted by Gasteiger charge is 2.13. The predicted octanol–water partition coefficient (Wildman–Crippen LogP) is 2.25. The Kier molecular flexibility index (Phi) is 4.50. The number of carbonyl (C=O) groups excluding carboxylic acids is 1. The average Bonchev–Trinajstić information content (AvgIpc) is 2.24. The van der Waals surface area contributed by atoms with Crippen LogP contribution in [0, 0.1) is 0 Å². The lowest BCUT2D eigenvalue weighted by Crippen LogP contribution is -2.32. The Hall–Kier alpha value is -1.35. The summed E-state index contributed by atoms with van der Waals surface area (Å²) in [6.07, 6.45) is 1.01. The molecule has 88 valence electrons. The smallest absolute Gasteiger partial charge is 0.306 e. The summed E-state index contributed by atoms with van der Waals surface area (Å²) in [6, 6.07) is 9.64. The van der Waals surface area contributed by atoms with E-state index in [2.05, 4.69) is 0 Å². The van der Waals surface area contributed by atoms with Crippen molar-refractivity contribution in [2.24, 2.45) is 5.73 Å². The van der Waals surface area contributed by atoms with Crippen molar-refractivity contribution >= 4 is 5.97 Å². The van der Waals surface area contributed by atoms with Gasteiger partial charge in [-0.25, -0.2) is 0 Å². The van der Waals surface area contributed by atoms with E-state index >= 15 is 0 Å². The highest BCUT2D eigenvalue weighted by Crippen LogP contribution is 2.09. The summed E-state index contributed by atoms with van der Waals surface area (Å²) in [7, 11) is 0. The quantitative estimate of drug-likeness (QED) is 0.776. The summed E-state index contributed by atoms with van der Waals surface area (Å²) in [6.45, 7) is 4.14. The summed E-state index contributed by atoms with van der Waals surface area (Å²) < 4.78 is 5.13. The van der Waals surface area contributed by atoms with Crippen LogP contribution in [0.15, 0.2) is 30.3 Å². The van der Waals surface area contributed by atoms with Crippen molar-refractivity contribution in [3.63, 3.8) is 0 Å². The Bertz CT molecular complexity index is 328. The van der Waals surface area contributed by atoms with Gasteiger partial charge in [-0.05, 0) is 25.8 Å². The summed E-state index contributed by atoms with van der Waals surface area (Å²) in [5.41, 5.74) is 6.47. The topological polar surface area (TPSA) is 52.3 Å². The molecule has 0 aliphatic heterocycles. The van der Waals surface area contributed by atoms with Crippen molar-refractivity contribution in [3.8, 4) is 0 Å². The summed E-state index contributed by atoms with van der Waals surface area (Å²) in [4.78, 5) is 11.4. The van der Waals surface area contributed by atoms with Gasteiger partial charge in [0.25, 0.3) is 0 Å². The molecule has 0 aromatic heterocycles. The fraction of sp³-hybridized carbons (Fsp3) is 0.462. The van der Waals surface area contributed by atoms with Crippen LogP contribution in [0.5, 0.6) is 0 Å². The van der Waals surface area contributed by atoms with Gasteiger partial charge in [-0.3, -0.25) is 4.79 Å². The van der Waals surface area contributed by atoms with Gasteiger partial charge in [0.15, 0.2) is 0 Å². The molecule has 0 unspecified atom stereocenters. The number of rotatable bonds is 5. The summed E-state index contributed by atoms with van der Waals surface area (Å²) >= 11 is 0. The van der Waals surface area contributed by atoms with E-state index in [9.17, 15) is 4.79 Å². The van der Waals surface area contributed by atoms with Crippen LogP contribution < -0.4 is 5.73 Å². The van der Waals surface area contributed by atoms with Crippen LogP contribution in [-0.2, 0) is 16.1 Å². The van der Waals surface area contributed by atoms with Crippen LogP contribution in [0.4, 0.5) is 0 Å². The molecule has 0 aliphatic carbocycles. The first-order valence-electron chi connectivity index (χ1n) is 5.46. The van der Waals surface area contributed by atoms with E-state index < -0.39 is 0 Å². The van der Waals surface area contributed by atoms with Crippen molar-refractivity contribution in [2.75, 3.05) is 0 Å². The van der Waals surface area contributed by atoms with Crippen LogP contribution >= 0.6 is 0 Å². The maximum Gasteiger partial charge on any atom is 0.306 e. The number of hydrogen-bond acceptors (Lipinski definition) is 3. The van der Waals surface area contributed by atoms with Crippen LogP contribution in [0.3, 0.4) is 0 Å². The lowest BCUT2D eigenvalue weighted by molar-refractivity contribution is -0.145. The molecule has 1 aromatic carbocycles. The molecule has 0 bridgehead atoms. The number of ether oxygens (including phenoxy) is 1. The lowest BCUT2D eigenvalue weighted by Gasteiger charge is -2.17. The second-order valence-corrected chi connectivity index (χ2v) is 4.63. The minimum atomic E-state index is -0.314. The third-order valence-corrected chi connectivity index (χ3v) is 2.22. The van der Waals surface area contributed by atoms with Gasteiger partial charge < -0.3 is 10.5 Å². The van der Waals surface area contributed by atoms with Crippen molar-refractivity contribution < 1.29 is 9.53 Å². The Labute approximate surface area is 96.6 Å². The van der Waals surface area contributed by atoms with Crippen molar-refractivity contribution in [3.05, 3.63) is 35.9 Å². The molecule has 0 fully saturated rings. The molecule has 0 aliphatic rings. The van der Waals surface area contributed by atoms with Gasteiger partial charge >= 0.3 is 5.97 Å². The van der Waals surface area contributed by atoms with Gasteiger partial charge in [-0.15, -0.1) is 0 Å². The lowest BCUT2D eigenvalue weighted by atomic mass is 10.0. The minimum absolute atomic E-state index is 0.192. The molecule has 0 saturated heterocycles. The molecule has 0 atom stereocenters. The fourth-order valence-electron chi connectivity index (χ4n) is 1.23. The molecule has 1 aromatic rings. The first-order valence-corrected chi connectivity index (χ1v) is 5.46. The Morgan fingerprint density at radius 2 is 1.94 bits per heavy atom. The SMILES string of the molecule is CC(C)(N)CCC(=O)OCc1ccccc1. The largest absolute Gasteiger partial charge is 0.461 e. The standard InChI is InChI=1S/C13H19NO2/c1-13(2,14)9-8-12(15)16-10-11-6-4-3-5-7-11/h3-7H,8-10,14H2,1-2H3. The zero-order valence-electron chi connectivity index (χ0n) is 9.90. The molecule has 16 heavy (non-hydrogen) atoms. The van der Waals surface area contributed by atoms with Gasteiger partial charge in [0.2, 0.25) is 0 Å². The van der Waals surface area contributed by atoms with Crippen molar-refractivity contribution in [1.82, 2.24) is 0 Å². The highest BCUT2D eigenvalue weighted by atomic mass is 16.5. The Balaban J connectivity index is 2.26. The van der Waals surface area contributed by atoms with Crippen LogP contribution in [-0.4, -0.2) is 11.5 Å². The van der Waals surface area contributed by atoms with E-state index in [1.807, 2.05) is 44.2 Å². The number of benzene rings is 1. The van der Waals surface area contributed by atoms with Crippen LogP contribution in [0.2, 0.25) is 0 Å². The molecule has 1 rings (SSSR count). The highest BCUT2D eigenvalue weighted by molar-refractivity contribution is 5.69. The zero-order chi connectivity index (χ0) is 12.0. The Morgan fingerprint density at radius 3 is 2.50 bits per heavy atom. The van der Waals surface area contributed by atoms with Crippen molar-refractivity contribution in [1.29, 1.82) is 0 Å². The van der Waals surface area contributed by atoms with E-state index in [4.69, 9.17) is 10.5 Å². The Morgan fingerprint density at radius 1 is 1.31 bits per heavy atom. The normalized spacial score (nSPS) is 11.2. The number of esters is 1. The van der Waals surface area contributed by atoms with Crippen LogP contribution in [0.1, 0.15) is 32.3 Å². The molecule has 0 saturated carbocycles. The van der Waals surface area contributed by atoms with Gasteiger partial charge in [-0.1, -0.05) is 30.3 Å². The molecule has 0 amide bonds. The first kappa shape index (κ1) is 12.7. The third kappa shape index (κ3) is 5.51. The molecular formula is C13H19NO2. The molecule has 0 radical (unpaired) electrons. The first-order chi connectivity index (χ1) is 7.47. The zero-order valence-corrected chi connectivity index (χ0v) is 9.90.